The molecule has 29 heavy (non-hydrogen) atoms. The molecule has 0 fully saturated rings. The van der Waals surface area contributed by atoms with Crippen LogP contribution in [-0.4, -0.2) is 40.4 Å². The number of carbonyl (C=O) groups excluding carboxylic acids is 2. The molecule has 0 aliphatic carbocycles. The Balaban J connectivity index is 1.69. The maximum Gasteiger partial charge on any atom is 0.255 e. The third-order valence-corrected chi connectivity index (χ3v) is 5.88. The number of rotatable bonds is 7. The number of primary amides is 1. The third-order valence-electron chi connectivity index (χ3n) is 4.47. The molecule has 2 amide bonds. The highest BCUT2D eigenvalue weighted by Gasteiger charge is 2.25. The first-order valence-corrected chi connectivity index (χ1v) is 10.4. The summed E-state index contributed by atoms with van der Waals surface area (Å²) < 4.78 is 31.4. The summed E-state index contributed by atoms with van der Waals surface area (Å²) in [5.41, 5.74) is 7.35. The third kappa shape index (κ3) is 4.82. The fourth-order valence-corrected chi connectivity index (χ4v) is 3.76. The van der Waals surface area contributed by atoms with Crippen LogP contribution in [0.15, 0.2) is 53.4 Å². The lowest BCUT2D eigenvalue weighted by Gasteiger charge is -2.15. The second-order valence-corrected chi connectivity index (χ2v) is 8.28. The van der Waals surface area contributed by atoms with Gasteiger partial charge in [0.15, 0.2) is 6.61 Å². The molecule has 1 aliphatic rings. The summed E-state index contributed by atoms with van der Waals surface area (Å²) in [6, 6.07) is 11.6. The molecule has 2 aromatic rings. The van der Waals surface area contributed by atoms with Gasteiger partial charge in [-0.1, -0.05) is 12.1 Å². The molecule has 0 atom stereocenters. The minimum absolute atomic E-state index is 0.183. The van der Waals surface area contributed by atoms with Crippen LogP contribution in [0, 0.1) is 0 Å². The van der Waals surface area contributed by atoms with E-state index in [4.69, 9.17) is 10.5 Å². The lowest BCUT2D eigenvalue weighted by atomic mass is 10.2. The van der Waals surface area contributed by atoms with Gasteiger partial charge in [0, 0.05) is 18.3 Å². The molecule has 0 bridgehead atoms. The standard InChI is InChI=1S/C20H21N3O5S/c1-22-29(26,27)17-7-8-18-15(12-17)10-11-23(18)20(25)9-4-14-2-5-16(6-3-14)28-13-19(21)24/h2-9,12,22H,10-11,13H2,1H3,(H2,21,24)/b9-4+. The van der Waals surface area contributed by atoms with Crippen molar-refractivity contribution in [3.05, 3.63) is 59.7 Å². The van der Waals surface area contributed by atoms with Crippen molar-refractivity contribution in [1.82, 2.24) is 4.72 Å². The molecule has 3 N–H and O–H groups in total. The molecule has 9 heteroatoms. The van der Waals surface area contributed by atoms with E-state index in [1.165, 1.54) is 19.2 Å². The van der Waals surface area contributed by atoms with Crippen LogP contribution in [0.2, 0.25) is 0 Å². The van der Waals surface area contributed by atoms with Gasteiger partial charge in [0.2, 0.25) is 10.0 Å². The smallest absolute Gasteiger partial charge is 0.255 e. The van der Waals surface area contributed by atoms with E-state index in [-0.39, 0.29) is 17.4 Å². The maximum absolute atomic E-state index is 12.6. The lowest BCUT2D eigenvalue weighted by Crippen LogP contribution is -2.26. The summed E-state index contributed by atoms with van der Waals surface area (Å²) in [6.07, 6.45) is 3.73. The molecule has 8 nitrogen and oxygen atoms in total. The van der Waals surface area contributed by atoms with E-state index in [1.807, 2.05) is 0 Å². The van der Waals surface area contributed by atoms with Crippen LogP contribution in [0.1, 0.15) is 11.1 Å². The lowest BCUT2D eigenvalue weighted by molar-refractivity contribution is -0.120. The Kier molecular flexibility index (Phi) is 6.00. The molecule has 1 aliphatic heterocycles. The Bertz CT molecular complexity index is 1060. The number of carbonyl (C=O) groups is 2. The monoisotopic (exact) mass is 415 g/mol. The fourth-order valence-electron chi connectivity index (χ4n) is 2.98. The molecule has 2 aromatic carbocycles. The van der Waals surface area contributed by atoms with Gasteiger partial charge in [-0.3, -0.25) is 9.59 Å². The Morgan fingerprint density at radius 3 is 2.59 bits per heavy atom. The Labute approximate surface area is 169 Å². The topological polar surface area (TPSA) is 119 Å². The van der Waals surface area contributed by atoms with Crippen molar-refractivity contribution >= 4 is 33.6 Å². The van der Waals surface area contributed by atoms with Crippen LogP contribution >= 0.6 is 0 Å². The van der Waals surface area contributed by atoms with Crippen molar-refractivity contribution in [3.8, 4) is 5.75 Å². The van der Waals surface area contributed by atoms with E-state index < -0.39 is 15.9 Å². The van der Waals surface area contributed by atoms with Gasteiger partial charge in [0.05, 0.1) is 4.90 Å². The molecule has 3 rings (SSSR count). The van der Waals surface area contributed by atoms with E-state index in [0.29, 0.717) is 24.4 Å². The van der Waals surface area contributed by atoms with Crippen LogP contribution in [0.4, 0.5) is 5.69 Å². The quantitative estimate of drug-likeness (QED) is 0.656. The summed E-state index contributed by atoms with van der Waals surface area (Å²) in [7, 11) is -2.16. The minimum Gasteiger partial charge on any atom is -0.484 e. The van der Waals surface area contributed by atoms with Crippen LogP contribution in [0.3, 0.4) is 0 Å². The average molecular weight is 415 g/mol. The highest BCUT2D eigenvalue weighted by molar-refractivity contribution is 7.89. The number of ether oxygens (including phenoxy) is 1. The van der Waals surface area contributed by atoms with E-state index in [0.717, 1.165) is 11.1 Å². The van der Waals surface area contributed by atoms with Gasteiger partial charge in [-0.25, -0.2) is 13.1 Å². The van der Waals surface area contributed by atoms with E-state index in [1.54, 1.807) is 47.4 Å². The zero-order valence-corrected chi connectivity index (χ0v) is 16.6. The van der Waals surface area contributed by atoms with Gasteiger partial charge in [0.1, 0.15) is 5.75 Å². The number of nitrogens with two attached hydrogens (primary N) is 1. The Morgan fingerprint density at radius 2 is 1.93 bits per heavy atom. The summed E-state index contributed by atoms with van der Waals surface area (Å²) >= 11 is 0. The van der Waals surface area contributed by atoms with Crippen molar-refractivity contribution in [3.63, 3.8) is 0 Å². The van der Waals surface area contributed by atoms with Gasteiger partial charge in [-0.05, 0) is 61.0 Å². The number of anilines is 1. The van der Waals surface area contributed by atoms with Gasteiger partial charge in [-0.15, -0.1) is 0 Å². The van der Waals surface area contributed by atoms with Gasteiger partial charge >= 0.3 is 0 Å². The largest absolute Gasteiger partial charge is 0.484 e. The Hall–Kier alpha value is -3.17. The van der Waals surface area contributed by atoms with Gasteiger partial charge < -0.3 is 15.4 Å². The number of nitrogens with zero attached hydrogens (tertiary/aromatic N) is 1. The molecule has 0 saturated heterocycles. The van der Waals surface area contributed by atoms with Crippen molar-refractivity contribution in [2.24, 2.45) is 5.73 Å². The van der Waals surface area contributed by atoms with Crippen LogP contribution in [-0.2, 0) is 26.0 Å². The van der Waals surface area contributed by atoms with Crippen LogP contribution in [0.5, 0.6) is 5.75 Å². The van der Waals surface area contributed by atoms with E-state index in [2.05, 4.69) is 4.72 Å². The number of hydrogen-bond donors (Lipinski definition) is 2. The first kappa shape index (κ1) is 20.6. The Morgan fingerprint density at radius 1 is 1.21 bits per heavy atom. The number of sulfonamides is 1. The van der Waals surface area contributed by atoms with E-state index in [9.17, 15) is 18.0 Å². The predicted octanol–water partition coefficient (Wildman–Crippen LogP) is 1.06. The van der Waals surface area contributed by atoms with Crippen molar-refractivity contribution in [1.29, 1.82) is 0 Å². The van der Waals surface area contributed by atoms with Gasteiger partial charge in [0.25, 0.3) is 11.8 Å². The minimum atomic E-state index is -3.52. The second kappa shape index (κ2) is 8.46. The molecule has 0 aromatic heterocycles. The predicted molar refractivity (Wildman–Crippen MR) is 109 cm³/mol. The SMILES string of the molecule is CNS(=O)(=O)c1ccc2c(c1)CCN2C(=O)/C=C/c1ccc(OCC(N)=O)cc1. The van der Waals surface area contributed by atoms with E-state index >= 15 is 0 Å². The number of hydrogen-bond acceptors (Lipinski definition) is 5. The highest BCUT2D eigenvalue weighted by atomic mass is 32.2. The summed E-state index contributed by atoms with van der Waals surface area (Å²) in [5, 5.41) is 0. The molecule has 152 valence electrons. The maximum atomic E-state index is 12.6. The van der Waals surface area contributed by atoms with Crippen molar-refractivity contribution in [2.75, 3.05) is 25.1 Å². The van der Waals surface area contributed by atoms with Crippen LogP contribution in [0.25, 0.3) is 6.08 Å². The second-order valence-electron chi connectivity index (χ2n) is 6.40. The first-order valence-electron chi connectivity index (χ1n) is 8.87. The number of fused-ring (bicyclic) bond motifs is 1. The van der Waals surface area contributed by atoms with Crippen molar-refractivity contribution in [2.45, 2.75) is 11.3 Å². The summed E-state index contributed by atoms with van der Waals surface area (Å²) in [4.78, 5) is 25.1. The first-order chi connectivity index (χ1) is 13.8. The molecule has 1 heterocycles. The highest BCUT2D eigenvalue weighted by Crippen LogP contribution is 2.30. The summed E-state index contributed by atoms with van der Waals surface area (Å²) in [5.74, 6) is -0.240. The van der Waals surface area contributed by atoms with Crippen LogP contribution < -0.4 is 20.1 Å². The molecular formula is C20H21N3O5S. The summed E-state index contributed by atoms with van der Waals surface area (Å²) in [6.45, 7) is 0.292. The molecule has 0 saturated carbocycles. The number of benzene rings is 2. The fraction of sp³-hybridized carbons (Fsp3) is 0.200. The zero-order chi connectivity index (χ0) is 21.0. The molecule has 0 unspecified atom stereocenters. The molecule has 0 radical (unpaired) electrons. The number of nitrogens with one attached hydrogen (secondary N) is 1. The van der Waals surface area contributed by atoms with Gasteiger partial charge in [-0.2, -0.15) is 0 Å². The normalized spacial score (nSPS) is 13.5. The number of amides is 2. The van der Waals surface area contributed by atoms with Crippen molar-refractivity contribution < 1.29 is 22.7 Å². The molecular weight excluding hydrogens is 394 g/mol. The average Bonchev–Trinajstić information content (AvgIpc) is 3.14. The zero-order valence-electron chi connectivity index (χ0n) is 15.8. The molecule has 0 spiro atoms.